The fraction of sp³-hybridized carbons (Fsp3) is 0.385. The highest BCUT2D eigenvalue weighted by Gasteiger charge is 2.06. The number of nitrogens with zero attached hydrogens (tertiary/aromatic N) is 2. The number of aryl methyl sites for hydroxylation is 1. The van der Waals surface area contributed by atoms with Crippen LogP contribution in [0.15, 0.2) is 28.3 Å². The molecule has 0 radical (unpaired) electrons. The lowest BCUT2D eigenvalue weighted by Gasteiger charge is -2.06. The second kappa shape index (κ2) is 6.68. The zero-order valence-electron chi connectivity index (χ0n) is 11.0. The summed E-state index contributed by atoms with van der Waals surface area (Å²) in [4.78, 5) is 5.01. The van der Waals surface area contributed by atoms with Crippen LogP contribution in [0.5, 0.6) is 0 Å². The van der Waals surface area contributed by atoms with E-state index in [9.17, 15) is 4.39 Å². The Kier molecular flexibility index (Phi) is 4.93. The predicted octanol–water partition coefficient (Wildman–Crippen LogP) is 2.90. The molecular formula is C13H17FN4S. The van der Waals surface area contributed by atoms with E-state index in [0.717, 1.165) is 29.2 Å². The largest absolute Gasteiger partial charge is 0.313 e. The van der Waals surface area contributed by atoms with Crippen molar-refractivity contribution >= 4 is 11.8 Å². The maximum atomic E-state index is 13.6. The molecule has 2 N–H and O–H groups in total. The van der Waals surface area contributed by atoms with Crippen molar-refractivity contribution in [3.05, 3.63) is 35.4 Å². The maximum absolute atomic E-state index is 13.6. The zero-order valence-corrected chi connectivity index (χ0v) is 11.9. The molecule has 0 aliphatic carbocycles. The van der Waals surface area contributed by atoms with Crippen LogP contribution in [0.1, 0.15) is 24.7 Å². The molecule has 2 rings (SSSR count). The Balaban J connectivity index is 2.07. The molecule has 4 nitrogen and oxygen atoms in total. The molecule has 19 heavy (non-hydrogen) atoms. The van der Waals surface area contributed by atoms with Gasteiger partial charge in [-0.05, 0) is 55.4 Å². The monoisotopic (exact) mass is 280 g/mol. The van der Waals surface area contributed by atoms with Crippen LogP contribution in [-0.4, -0.2) is 21.7 Å². The van der Waals surface area contributed by atoms with Gasteiger partial charge in [-0.25, -0.2) is 9.37 Å². The summed E-state index contributed by atoms with van der Waals surface area (Å²) in [6.07, 6.45) is 1.06. The number of aromatic nitrogens is 3. The van der Waals surface area contributed by atoms with Crippen molar-refractivity contribution in [3.63, 3.8) is 0 Å². The first-order valence-corrected chi connectivity index (χ1v) is 7.06. The van der Waals surface area contributed by atoms with Gasteiger partial charge in [0, 0.05) is 11.4 Å². The van der Waals surface area contributed by atoms with Crippen LogP contribution in [-0.2, 0) is 6.54 Å². The van der Waals surface area contributed by atoms with Crippen molar-refractivity contribution in [1.29, 1.82) is 0 Å². The van der Waals surface area contributed by atoms with Crippen molar-refractivity contribution < 1.29 is 4.39 Å². The van der Waals surface area contributed by atoms with Gasteiger partial charge in [-0.3, -0.25) is 5.10 Å². The number of nitrogens with one attached hydrogen (secondary N) is 2. The molecule has 0 aliphatic heterocycles. The quantitative estimate of drug-likeness (QED) is 0.799. The Morgan fingerprint density at radius 1 is 1.37 bits per heavy atom. The first-order valence-electron chi connectivity index (χ1n) is 6.24. The van der Waals surface area contributed by atoms with E-state index in [1.807, 2.05) is 13.0 Å². The zero-order chi connectivity index (χ0) is 13.7. The summed E-state index contributed by atoms with van der Waals surface area (Å²) in [6.45, 7) is 5.54. The average molecular weight is 280 g/mol. The van der Waals surface area contributed by atoms with Gasteiger partial charge in [-0.2, -0.15) is 0 Å². The lowest BCUT2D eigenvalue weighted by molar-refractivity contribution is 0.615. The lowest BCUT2D eigenvalue weighted by Crippen LogP contribution is -2.13. The summed E-state index contributed by atoms with van der Waals surface area (Å²) >= 11 is 1.35. The van der Waals surface area contributed by atoms with Crippen molar-refractivity contribution in [1.82, 2.24) is 20.5 Å². The summed E-state index contributed by atoms with van der Waals surface area (Å²) in [6, 6.07) is 5.01. The minimum atomic E-state index is -0.231. The van der Waals surface area contributed by atoms with Gasteiger partial charge in [0.1, 0.15) is 11.6 Å². The second-order valence-electron chi connectivity index (χ2n) is 4.28. The number of rotatable bonds is 6. The molecule has 6 heteroatoms. The number of H-pyrrole nitrogens is 1. The third kappa shape index (κ3) is 4.33. The molecule has 0 amide bonds. The predicted molar refractivity (Wildman–Crippen MR) is 73.6 cm³/mol. The Morgan fingerprint density at radius 2 is 2.21 bits per heavy atom. The molecule has 0 aliphatic rings. The fourth-order valence-electron chi connectivity index (χ4n) is 1.66. The van der Waals surface area contributed by atoms with Gasteiger partial charge in [-0.15, -0.1) is 5.10 Å². The van der Waals surface area contributed by atoms with Gasteiger partial charge < -0.3 is 5.32 Å². The number of aromatic amines is 1. The molecule has 0 spiro atoms. The van der Waals surface area contributed by atoms with E-state index < -0.39 is 0 Å². The first-order chi connectivity index (χ1) is 9.17. The molecule has 102 valence electrons. The Hall–Kier alpha value is -1.40. The molecule has 2 aromatic rings. The highest BCUT2D eigenvalue weighted by atomic mass is 32.2. The van der Waals surface area contributed by atoms with Gasteiger partial charge in [0.25, 0.3) is 0 Å². The molecule has 0 fully saturated rings. The number of hydrogen-bond donors (Lipinski definition) is 2. The molecule has 0 bridgehead atoms. The van der Waals surface area contributed by atoms with Crippen LogP contribution in [0.2, 0.25) is 0 Å². The number of benzene rings is 1. The standard InChI is InChI=1S/C13H17FN4S/c1-3-4-15-8-10-5-11(14)7-12(6-10)19-13-16-9(2)17-18-13/h5-7,15H,3-4,8H2,1-2H3,(H,16,17,18). The van der Waals surface area contributed by atoms with E-state index in [1.54, 1.807) is 6.07 Å². The van der Waals surface area contributed by atoms with Crippen molar-refractivity contribution in [2.45, 2.75) is 36.9 Å². The van der Waals surface area contributed by atoms with E-state index >= 15 is 0 Å². The molecule has 0 atom stereocenters. The molecule has 0 unspecified atom stereocenters. The molecule has 1 aromatic heterocycles. The number of hydrogen-bond acceptors (Lipinski definition) is 4. The number of halogens is 1. The Morgan fingerprint density at radius 3 is 2.89 bits per heavy atom. The van der Waals surface area contributed by atoms with Gasteiger partial charge in [-0.1, -0.05) is 6.92 Å². The summed E-state index contributed by atoms with van der Waals surface area (Å²) in [5.74, 6) is 0.522. The third-order valence-electron chi connectivity index (χ3n) is 2.47. The molecular weight excluding hydrogens is 263 g/mol. The Labute approximate surface area is 116 Å². The van der Waals surface area contributed by atoms with Crippen LogP contribution in [0.25, 0.3) is 0 Å². The average Bonchev–Trinajstić information content (AvgIpc) is 2.74. The maximum Gasteiger partial charge on any atom is 0.213 e. The highest BCUT2D eigenvalue weighted by molar-refractivity contribution is 7.99. The summed E-state index contributed by atoms with van der Waals surface area (Å²) in [5.41, 5.74) is 0.934. The van der Waals surface area contributed by atoms with Crippen molar-refractivity contribution in [2.24, 2.45) is 0 Å². The normalized spacial score (nSPS) is 10.9. The van der Waals surface area contributed by atoms with E-state index in [2.05, 4.69) is 27.4 Å². The minimum Gasteiger partial charge on any atom is -0.313 e. The summed E-state index contributed by atoms with van der Waals surface area (Å²) in [5, 5.41) is 10.7. The van der Waals surface area contributed by atoms with Crippen molar-refractivity contribution in [2.75, 3.05) is 6.54 Å². The van der Waals surface area contributed by atoms with Crippen LogP contribution < -0.4 is 5.32 Å². The summed E-state index contributed by atoms with van der Waals surface area (Å²) in [7, 11) is 0. The van der Waals surface area contributed by atoms with E-state index in [4.69, 9.17) is 0 Å². The van der Waals surface area contributed by atoms with E-state index in [-0.39, 0.29) is 5.82 Å². The van der Waals surface area contributed by atoms with Crippen molar-refractivity contribution in [3.8, 4) is 0 Å². The molecule has 0 saturated carbocycles. The second-order valence-corrected chi connectivity index (χ2v) is 5.32. The van der Waals surface area contributed by atoms with Gasteiger partial charge >= 0.3 is 0 Å². The minimum absolute atomic E-state index is 0.231. The topological polar surface area (TPSA) is 53.6 Å². The van der Waals surface area contributed by atoms with E-state index in [1.165, 1.54) is 17.8 Å². The van der Waals surface area contributed by atoms with Gasteiger partial charge in [0.15, 0.2) is 0 Å². The molecule has 1 aromatic carbocycles. The molecule has 1 heterocycles. The fourth-order valence-corrected chi connectivity index (χ4v) is 2.53. The van der Waals surface area contributed by atoms with Gasteiger partial charge in [0.05, 0.1) is 0 Å². The van der Waals surface area contributed by atoms with Crippen LogP contribution in [0, 0.1) is 12.7 Å². The van der Waals surface area contributed by atoms with Crippen LogP contribution in [0.4, 0.5) is 4.39 Å². The summed E-state index contributed by atoms with van der Waals surface area (Å²) < 4.78 is 13.6. The Bertz CT molecular complexity index is 541. The van der Waals surface area contributed by atoms with E-state index in [0.29, 0.717) is 11.7 Å². The third-order valence-corrected chi connectivity index (χ3v) is 3.31. The highest BCUT2D eigenvalue weighted by Crippen LogP contribution is 2.26. The SMILES string of the molecule is CCCNCc1cc(F)cc(Sc2n[nH]c(C)n2)c1. The van der Waals surface area contributed by atoms with Crippen LogP contribution >= 0.6 is 11.8 Å². The lowest BCUT2D eigenvalue weighted by atomic mass is 10.2. The smallest absolute Gasteiger partial charge is 0.213 e. The van der Waals surface area contributed by atoms with Gasteiger partial charge in [0.2, 0.25) is 5.16 Å². The molecule has 0 saturated heterocycles. The first kappa shape index (κ1) is 14.0. The van der Waals surface area contributed by atoms with Crippen LogP contribution in [0.3, 0.4) is 0 Å².